The molecule has 0 N–H and O–H groups in total. The number of aromatic nitrogens is 1. The van der Waals surface area contributed by atoms with Crippen LogP contribution in [0, 0.1) is 15.9 Å². The fourth-order valence-corrected chi connectivity index (χ4v) is 3.21. The van der Waals surface area contributed by atoms with Crippen LogP contribution in [0.15, 0.2) is 66.9 Å². The van der Waals surface area contributed by atoms with E-state index >= 15 is 0 Å². The number of carbonyl (C=O) groups excluding carboxylic acids is 1. The first-order valence-corrected chi connectivity index (χ1v) is 9.40. The number of nitro benzene ring substituents is 1. The Bertz CT molecular complexity index is 999. The largest absolute Gasteiger partial charge is 0.345 e. The van der Waals surface area contributed by atoms with Gasteiger partial charge in [0.05, 0.1) is 11.5 Å². The fraction of sp³-hybridized carbons (Fsp3) is 0.227. The van der Waals surface area contributed by atoms with Gasteiger partial charge >= 0.3 is 0 Å². The van der Waals surface area contributed by atoms with E-state index in [9.17, 15) is 19.3 Å². The van der Waals surface area contributed by atoms with E-state index in [1.165, 1.54) is 36.4 Å². The third-order valence-corrected chi connectivity index (χ3v) is 4.62. The van der Waals surface area contributed by atoms with E-state index in [4.69, 9.17) is 0 Å². The summed E-state index contributed by atoms with van der Waals surface area (Å²) in [6.07, 6.45) is 2.68. The molecule has 0 fully saturated rings. The van der Waals surface area contributed by atoms with Crippen LogP contribution < -0.4 is 0 Å². The summed E-state index contributed by atoms with van der Waals surface area (Å²) in [5.74, 6) is -0.461. The molecule has 1 aromatic heterocycles. The fourth-order valence-electron chi connectivity index (χ4n) is 3.21. The van der Waals surface area contributed by atoms with Crippen LogP contribution in [-0.2, 0) is 13.1 Å². The second kappa shape index (κ2) is 9.14. The molecule has 1 heterocycles. The van der Waals surface area contributed by atoms with E-state index in [-0.39, 0.29) is 17.4 Å². The zero-order valence-corrected chi connectivity index (χ0v) is 16.1. The Morgan fingerprint density at radius 3 is 2.55 bits per heavy atom. The minimum absolute atomic E-state index is 0.0486. The lowest BCUT2D eigenvalue weighted by Gasteiger charge is -2.23. The smallest absolute Gasteiger partial charge is 0.269 e. The van der Waals surface area contributed by atoms with Gasteiger partial charge in [0.25, 0.3) is 11.6 Å². The lowest BCUT2D eigenvalue weighted by molar-refractivity contribution is -0.384. The van der Waals surface area contributed by atoms with Crippen LogP contribution in [0.25, 0.3) is 0 Å². The lowest BCUT2D eigenvalue weighted by atomic mass is 10.1. The number of hydrogen-bond acceptors (Lipinski definition) is 3. The molecule has 0 atom stereocenters. The first kappa shape index (κ1) is 20.3. The molecule has 0 unspecified atom stereocenters. The number of hydrogen-bond donors (Lipinski definition) is 0. The highest BCUT2D eigenvalue weighted by Crippen LogP contribution is 2.17. The Morgan fingerprint density at radius 1 is 1.14 bits per heavy atom. The van der Waals surface area contributed by atoms with Crippen molar-refractivity contribution in [2.24, 2.45) is 0 Å². The molecule has 0 saturated carbocycles. The van der Waals surface area contributed by atoms with Crippen LogP contribution in [-0.4, -0.2) is 26.8 Å². The maximum Gasteiger partial charge on any atom is 0.269 e. The highest BCUT2D eigenvalue weighted by molar-refractivity contribution is 5.94. The molecule has 3 aromatic rings. The maximum atomic E-state index is 13.5. The Kier molecular flexibility index (Phi) is 6.39. The van der Waals surface area contributed by atoms with Crippen LogP contribution in [0.1, 0.15) is 35.0 Å². The van der Waals surface area contributed by atoms with Crippen molar-refractivity contribution < 1.29 is 14.1 Å². The van der Waals surface area contributed by atoms with Crippen LogP contribution >= 0.6 is 0 Å². The average molecular weight is 395 g/mol. The van der Waals surface area contributed by atoms with Crippen molar-refractivity contribution >= 4 is 11.6 Å². The molecule has 0 bridgehead atoms. The van der Waals surface area contributed by atoms with Crippen molar-refractivity contribution in [1.29, 1.82) is 0 Å². The molecule has 3 rings (SSSR count). The summed E-state index contributed by atoms with van der Waals surface area (Å²) in [6, 6.07) is 15.9. The number of nitrogens with zero attached hydrogens (tertiary/aromatic N) is 3. The third-order valence-electron chi connectivity index (χ3n) is 4.62. The van der Waals surface area contributed by atoms with Gasteiger partial charge in [-0.05, 0) is 48.4 Å². The Balaban J connectivity index is 1.78. The van der Waals surface area contributed by atoms with Crippen LogP contribution in [0.4, 0.5) is 10.1 Å². The molecule has 2 aromatic carbocycles. The number of carbonyl (C=O) groups is 1. The van der Waals surface area contributed by atoms with Crippen molar-refractivity contribution in [3.8, 4) is 0 Å². The average Bonchev–Trinajstić information content (AvgIpc) is 3.14. The first-order chi connectivity index (χ1) is 14.0. The highest BCUT2D eigenvalue weighted by atomic mass is 19.1. The van der Waals surface area contributed by atoms with E-state index in [0.717, 1.165) is 17.7 Å². The van der Waals surface area contributed by atoms with E-state index in [1.54, 1.807) is 11.0 Å². The number of halogens is 1. The Labute approximate surface area is 168 Å². The molecular formula is C22H22FN3O3. The summed E-state index contributed by atoms with van der Waals surface area (Å²) in [7, 11) is 0. The van der Waals surface area contributed by atoms with Crippen LogP contribution in [0.3, 0.4) is 0 Å². The van der Waals surface area contributed by atoms with Crippen molar-refractivity contribution in [1.82, 2.24) is 9.47 Å². The molecule has 150 valence electrons. The van der Waals surface area contributed by atoms with E-state index < -0.39 is 4.92 Å². The summed E-state index contributed by atoms with van der Waals surface area (Å²) in [5, 5.41) is 10.8. The van der Waals surface area contributed by atoms with Gasteiger partial charge in [0.2, 0.25) is 0 Å². The Hall–Kier alpha value is -3.48. The van der Waals surface area contributed by atoms with Gasteiger partial charge in [-0.2, -0.15) is 0 Å². The normalized spacial score (nSPS) is 10.7. The molecule has 0 radical (unpaired) electrons. The quantitative estimate of drug-likeness (QED) is 0.412. The van der Waals surface area contributed by atoms with Gasteiger partial charge in [0, 0.05) is 42.7 Å². The summed E-state index contributed by atoms with van der Waals surface area (Å²) in [4.78, 5) is 25.0. The minimum atomic E-state index is -0.489. The molecule has 6 nitrogen and oxygen atoms in total. The first-order valence-electron chi connectivity index (χ1n) is 9.40. The van der Waals surface area contributed by atoms with Crippen molar-refractivity contribution in [3.63, 3.8) is 0 Å². The van der Waals surface area contributed by atoms with E-state index in [1.807, 2.05) is 35.9 Å². The lowest BCUT2D eigenvalue weighted by Crippen LogP contribution is -2.32. The van der Waals surface area contributed by atoms with Gasteiger partial charge < -0.3 is 9.47 Å². The monoisotopic (exact) mass is 395 g/mol. The molecule has 0 aliphatic carbocycles. The van der Waals surface area contributed by atoms with E-state index in [2.05, 4.69) is 0 Å². The number of amides is 1. The number of rotatable bonds is 8. The van der Waals surface area contributed by atoms with Crippen molar-refractivity contribution in [2.45, 2.75) is 26.4 Å². The van der Waals surface area contributed by atoms with Gasteiger partial charge in [-0.15, -0.1) is 0 Å². The van der Waals surface area contributed by atoms with Crippen LogP contribution in [0.5, 0.6) is 0 Å². The standard InChI is InChI=1S/C22H22FN3O3/c1-2-12-25(22(27)18-8-10-20(11-9-18)26(28)29)16-21-7-4-13-24(21)15-17-5-3-6-19(23)14-17/h3-11,13-14H,2,12,15-16H2,1H3. The number of nitro groups is 1. The van der Waals surface area contributed by atoms with Crippen molar-refractivity contribution in [2.75, 3.05) is 6.54 Å². The topological polar surface area (TPSA) is 68.4 Å². The SMILES string of the molecule is CCCN(Cc1cccn1Cc1cccc(F)c1)C(=O)c1ccc([N+](=O)[O-])cc1. The molecule has 0 aliphatic heterocycles. The number of non-ortho nitro benzene ring substituents is 1. The molecule has 0 saturated heterocycles. The molecule has 1 amide bonds. The molecule has 0 spiro atoms. The zero-order chi connectivity index (χ0) is 20.8. The predicted octanol–water partition coefficient (Wildman–Crippen LogP) is 4.64. The second-order valence-corrected chi connectivity index (χ2v) is 6.79. The summed E-state index contributed by atoms with van der Waals surface area (Å²) in [6.45, 7) is 3.45. The maximum absolute atomic E-state index is 13.5. The predicted molar refractivity (Wildman–Crippen MR) is 108 cm³/mol. The zero-order valence-electron chi connectivity index (χ0n) is 16.1. The molecule has 7 heteroatoms. The van der Waals surface area contributed by atoms with Gasteiger partial charge in [0.1, 0.15) is 5.82 Å². The second-order valence-electron chi connectivity index (χ2n) is 6.79. The van der Waals surface area contributed by atoms with Gasteiger partial charge in [-0.1, -0.05) is 19.1 Å². The number of benzene rings is 2. The summed E-state index contributed by atoms with van der Waals surface area (Å²) < 4.78 is 15.5. The molecule has 0 aliphatic rings. The Morgan fingerprint density at radius 2 is 1.90 bits per heavy atom. The molecule has 29 heavy (non-hydrogen) atoms. The summed E-state index contributed by atoms with van der Waals surface area (Å²) in [5.41, 5.74) is 2.13. The van der Waals surface area contributed by atoms with E-state index in [0.29, 0.717) is 25.2 Å². The van der Waals surface area contributed by atoms with Gasteiger partial charge in [-0.3, -0.25) is 14.9 Å². The highest BCUT2D eigenvalue weighted by Gasteiger charge is 2.18. The minimum Gasteiger partial charge on any atom is -0.345 e. The van der Waals surface area contributed by atoms with Gasteiger partial charge in [-0.25, -0.2) is 4.39 Å². The van der Waals surface area contributed by atoms with Gasteiger partial charge in [0.15, 0.2) is 0 Å². The van der Waals surface area contributed by atoms with Crippen molar-refractivity contribution in [3.05, 3.63) is 99.6 Å². The molecular weight excluding hydrogens is 373 g/mol. The summed E-state index contributed by atoms with van der Waals surface area (Å²) >= 11 is 0. The van der Waals surface area contributed by atoms with Crippen LogP contribution in [0.2, 0.25) is 0 Å². The third kappa shape index (κ3) is 5.07.